The second-order valence-corrected chi connectivity index (χ2v) is 9.62. The van der Waals surface area contributed by atoms with E-state index in [1.54, 1.807) is 35.1 Å². The van der Waals surface area contributed by atoms with E-state index in [4.69, 9.17) is 4.98 Å². The van der Waals surface area contributed by atoms with Crippen molar-refractivity contribution in [2.24, 2.45) is 7.05 Å². The van der Waals surface area contributed by atoms with Crippen LogP contribution in [0.15, 0.2) is 29.5 Å². The number of aliphatic hydroxyl groups excluding tert-OH is 1. The Morgan fingerprint density at radius 3 is 2.79 bits per heavy atom. The van der Waals surface area contributed by atoms with Crippen molar-refractivity contribution in [1.29, 1.82) is 0 Å². The number of amides is 1. The van der Waals surface area contributed by atoms with E-state index >= 15 is 0 Å². The topological polar surface area (TPSA) is 135 Å². The average molecular weight is 479 g/mol. The molecular weight excluding hydrogens is 456 g/mol. The lowest BCUT2D eigenvalue weighted by atomic mass is 10.0. The number of fused-ring (bicyclic) bond motifs is 4. The molecule has 5 aromatic rings. The van der Waals surface area contributed by atoms with Crippen LogP contribution >= 0.6 is 11.3 Å². The van der Waals surface area contributed by atoms with Gasteiger partial charge in [0, 0.05) is 43.3 Å². The summed E-state index contributed by atoms with van der Waals surface area (Å²) in [5.41, 5.74) is 3.62. The van der Waals surface area contributed by atoms with Crippen molar-refractivity contribution in [3.8, 4) is 10.6 Å². The number of nitrogens with one attached hydrogen (secondary N) is 1. The first-order valence-electron chi connectivity index (χ1n) is 11.0. The summed E-state index contributed by atoms with van der Waals surface area (Å²) in [5, 5.41) is 18.2. The first kappa shape index (κ1) is 20.9. The molecule has 1 amide bonds. The molecule has 2 N–H and O–H groups in total. The molecule has 11 nitrogen and oxygen atoms in total. The molecule has 1 atom stereocenters. The first-order chi connectivity index (χ1) is 16.4. The highest BCUT2D eigenvalue weighted by atomic mass is 32.1. The molecule has 0 radical (unpaired) electrons. The van der Waals surface area contributed by atoms with E-state index in [9.17, 15) is 14.7 Å². The maximum atomic E-state index is 13.3. The predicted molar refractivity (Wildman–Crippen MR) is 128 cm³/mol. The lowest BCUT2D eigenvalue weighted by Gasteiger charge is -2.33. The maximum absolute atomic E-state index is 13.3. The number of aromatic nitrogens is 7. The lowest BCUT2D eigenvalue weighted by Crippen LogP contribution is -2.44. The van der Waals surface area contributed by atoms with Gasteiger partial charge in [-0.1, -0.05) is 11.3 Å². The highest BCUT2D eigenvalue weighted by Gasteiger charge is 2.29. The SMILES string of the molecule is C[C@@H](O)C(=O)N1CCC(n2c(=O)n(C)c3cnc4sc(-c5cnc6[nH]ncc6c5)nc4c32)CC1. The van der Waals surface area contributed by atoms with E-state index < -0.39 is 6.10 Å². The van der Waals surface area contributed by atoms with Gasteiger partial charge in [0.15, 0.2) is 5.65 Å². The molecule has 0 aromatic carbocycles. The number of likely N-dealkylation sites (tertiary alicyclic amines) is 1. The van der Waals surface area contributed by atoms with Gasteiger partial charge in [-0.25, -0.2) is 19.7 Å². The highest BCUT2D eigenvalue weighted by molar-refractivity contribution is 7.21. The number of imidazole rings is 1. The Kier molecular flexibility index (Phi) is 4.74. The minimum atomic E-state index is -1.02. The highest BCUT2D eigenvalue weighted by Crippen LogP contribution is 2.35. The third-order valence-electron chi connectivity index (χ3n) is 6.51. The van der Waals surface area contributed by atoms with Gasteiger partial charge in [0.2, 0.25) is 0 Å². The summed E-state index contributed by atoms with van der Waals surface area (Å²) in [4.78, 5) is 41.8. The molecule has 0 bridgehead atoms. The molecule has 1 aliphatic rings. The van der Waals surface area contributed by atoms with Crippen LogP contribution in [0.3, 0.4) is 0 Å². The Morgan fingerprint density at radius 2 is 2.03 bits per heavy atom. The van der Waals surface area contributed by atoms with Gasteiger partial charge < -0.3 is 10.0 Å². The third kappa shape index (κ3) is 3.13. The number of aliphatic hydroxyl groups is 1. The van der Waals surface area contributed by atoms with Gasteiger partial charge in [0.05, 0.1) is 17.9 Å². The molecule has 0 spiro atoms. The quantitative estimate of drug-likeness (QED) is 0.404. The van der Waals surface area contributed by atoms with Crippen molar-refractivity contribution >= 4 is 49.7 Å². The number of thiazole rings is 1. The summed E-state index contributed by atoms with van der Waals surface area (Å²) in [5.74, 6) is -0.275. The Morgan fingerprint density at radius 1 is 1.24 bits per heavy atom. The number of pyridine rings is 2. The zero-order valence-electron chi connectivity index (χ0n) is 18.6. The van der Waals surface area contributed by atoms with Crippen LogP contribution in [0, 0.1) is 0 Å². The monoisotopic (exact) mass is 478 g/mol. The maximum Gasteiger partial charge on any atom is 0.329 e. The average Bonchev–Trinajstić information content (AvgIpc) is 3.55. The van der Waals surface area contributed by atoms with Crippen molar-refractivity contribution in [2.75, 3.05) is 13.1 Å². The number of carbonyl (C=O) groups excluding carboxylic acids is 1. The van der Waals surface area contributed by atoms with Crippen molar-refractivity contribution < 1.29 is 9.90 Å². The fourth-order valence-electron chi connectivity index (χ4n) is 4.72. The van der Waals surface area contributed by atoms with Crippen LogP contribution in [0.25, 0.3) is 43.0 Å². The van der Waals surface area contributed by atoms with Gasteiger partial charge in [0.1, 0.15) is 27.0 Å². The lowest BCUT2D eigenvalue weighted by molar-refractivity contribution is -0.140. The van der Waals surface area contributed by atoms with Gasteiger partial charge >= 0.3 is 5.69 Å². The van der Waals surface area contributed by atoms with Crippen LogP contribution in [0.5, 0.6) is 0 Å². The van der Waals surface area contributed by atoms with E-state index in [0.717, 1.165) is 31.8 Å². The molecule has 34 heavy (non-hydrogen) atoms. The van der Waals surface area contributed by atoms with E-state index in [1.807, 2.05) is 10.6 Å². The van der Waals surface area contributed by atoms with E-state index in [-0.39, 0.29) is 17.6 Å². The van der Waals surface area contributed by atoms with Crippen LogP contribution in [0.4, 0.5) is 0 Å². The minimum absolute atomic E-state index is 0.0750. The molecule has 12 heteroatoms. The minimum Gasteiger partial charge on any atom is -0.384 e. The summed E-state index contributed by atoms with van der Waals surface area (Å²) in [6.07, 6.45) is 5.42. The van der Waals surface area contributed by atoms with Crippen molar-refractivity contribution in [3.05, 3.63) is 35.1 Å². The molecule has 0 saturated carbocycles. The number of piperidine rings is 1. The smallest absolute Gasteiger partial charge is 0.329 e. The number of rotatable bonds is 3. The molecule has 6 rings (SSSR count). The number of nitrogens with zero attached hydrogens (tertiary/aromatic N) is 7. The number of hydrogen-bond donors (Lipinski definition) is 2. The van der Waals surface area contributed by atoms with E-state index in [0.29, 0.717) is 37.1 Å². The van der Waals surface area contributed by atoms with Crippen LogP contribution in [-0.4, -0.2) is 69.4 Å². The molecule has 6 heterocycles. The van der Waals surface area contributed by atoms with Gasteiger partial charge in [-0.05, 0) is 25.8 Å². The van der Waals surface area contributed by atoms with Crippen molar-refractivity contribution in [1.82, 2.24) is 39.2 Å². The zero-order chi connectivity index (χ0) is 23.6. The molecule has 1 aliphatic heterocycles. The largest absolute Gasteiger partial charge is 0.384 e. The molecule has 0 aliphatic carbocycles. The number of aromatic amines is 1. The van der Waals surface area contributed by atoms with Gasteiger partial charge in [-0.15, -0.1) is 0 Å². The Hall–Kier alpha value is -3.64. The van der Waals surface area contributed by atoms with Gasteiger partial charge in [-0.3, -0.25) is 19.0 Å². The molecule has 5 aromatic heterocycles. The fourth-order valence-corrected chi connectivity index (χ4v) is 5.62. The summed E-state index contributed by atoms with van der Waals surface area (Å²) < 4.78 is 3.41. The van der Waals surface area contributed by atoms with Crippen LogP contribution < -0.4 is 5.69 Å². The fraction of sp³-hybridized carbons (Fsp3) is 0.364. The molecule has 0 unspecified atom stereocenters. The van der Waals surface area contributed by atoms with Crippen LogP contribution in [-0.2, 0) is 11.8 Å². The summed E-state index contributed by atoms with van der Waals surface area (Å²) in [6, 6.07) is 1.90. The van der Waals surface area contributed by atoms with Crippen LogP contribution in [0.2, 0.25) is 0 Å². The summed E-state index contributed by atoms with van der Waals surface area (Å²) in [7, 11) is 1.74. The Bertz CT molecular complexity index is 1620. The summed E-state index contributed by atoms with van der Waals surface area (Å²) in [6.45, 7) is 2.46. The first-order valence-corrected chi connectivity index (χ1v) is 11.9. The molecular formula is C22H22N8O3S. The summed E-state index contributed by atoms with van der Waals surface area (Å²) >= 11 is 1.46. The normalized spacial score (nSPS) is 16.1. The zero-order valence-corrected chi connectivity index (χ0v) is 19.4. The predicted octanol–water partition coefficient (Wildman–Crippen LogP) is 1.83. The van der Waals surface area contributed by atoms with Crippen molar-refractivity contribution in [2.45, 2.75) is 31.9 Å². The number of H-pyrrole nitrogens is 1. The molecule has 174 valence electrons. The van der Waals surface area contributed by atoms with E-state index in [2.05, 4.69) is 20.2 Å². The van der Waals surface area contributed by atoms with Crippen LogP contribution in [0.1, 0.15) is 25.8 Å². The van der Waals surface area contributed by atoms with Crippen molar-refractivity contribution in [3.63, 3.8) is 0 Å². The second-order valence-electron chi connectivity index (χ2n) is 8.64. The molecule has 1 fully saturated rings. The second kappa shape index (κ2) is 7.71. The van der Waals surface area contributed by atoms with E-state index in [1.165, 1.54) is 18.3 Å². The third-order valence-corrected chi connectivity index (χ3v) is 7.52. The number of aryl methyl sites for hydroxylation is 1. The molecule has 1 saturated heterocycles. The standard InChI is InChI=1S/C22H22N8O3S/c1-11(31)21(32)29-5-3-14(4-6-29)30-17-15(28(2)22(30)33)10-24-20-16(17)26-19(34-20)13-7-12-9-25-27-18(12)23-8-13/h7-11,14,31H,3-6H2,1-2H3,(H,23,25,27)/t11-/m1/s1. The Labute approximate surface area is 196 Å². The van der Waals surface area contributed by atoms with Gasteiger partial charge in [-0.2, -0.15) is 5.10 Å². The van der Waals surface area contributed by atoms with Gasteiger partial charge in [0.25, 0.3) is 5.91 Å². The Balaban J connectivity index is 1.45. The number of carbonyl (C=O) groups is 1. The number of hydrogen-bond acceptors (Lipinski definition) is 8.